The van der Waals surface area contributed by atoms with Crippen LogP contribution in [0.3, 0.4) is 0 Å². The van der Waals surface area contributed by atoms with E-state index in [1.54, 1.807) is 0 Å². The van der Waals surface area contributed by atoms with Gasteiger partial charge in [-0.1, -0.05) is 0 Å². The molecule has 2 atom stereocenters. The molecule has 0 saturated carbocycles. The summed E-state index contributed by atoms with van der Waals surface area (Å²) in [6.45, 7) is 3.00. The summed E-state index contributed by atoms with van der Waals surface area (Å²) < 4.78 is 5.64. The zero-order valence-corrected chi connectivity index (χ0v) is 10.9. The smallest absolute Gasteiger partial charge is 0.287 e. The third-order valence-electron chi connectivity index (χ3n) is 2.90. The van der Waals surface area contributed by atoms with Crippen molar-refractivity contribution in [2.24, 2.45) is 0 Å². The van der Waals surface area contributed by atoms with Crippen molar-refractivity contribution in [1.82, 2.24) is 10.3 Å². The standard InChI is InChI=1S/C11H15N3O3.ClH/c1-8(10-3-2-6-12-10)17-11-5-4-9(7-13-11)14(15)16;/h4-5,7-8,10,12H,2-3,6H2,1H3;1H/t8-,10?;/m0./s1. The Morgan fingerprint density at radius 2 is 2.39 bits per heavy atom. The van der Waals surface area contributed by atoms with Crippen LogP contribution in [0.4, 0.5) is 5.69 Å². The van der Waals surface area contributed by atoms with Gasteiger partial charge in [-0.15, -0.1) is 12.4 Å². The van der Waals surface area contributed by atoms with Crippen LogP contribution in [-0.4, -0.2) is 28.6 Å². The third-order valence-corrected chi connectivity index (χ3v) is 2.90. The van der Waals surface area contributed by atoms with E-state index in [4.69, 9.17) is 4.74 Å². The molecule has 0 aliphatic carbocycles. The zero-order chi connectivity index (χ0) is 12.3. The van der Waals surface area contributed by atoms with Gasteiger partial charge in [0.1, 0.15) is 12.3 Å². The summed E-state index contributed by atoms with van der Waals surface area (Å²) >= 11 is 0. The fourth-order valence-electron chi connectivity index (χ4n) is 1.93. The molecule has 0 aromatic carbocycles. The Labute approximate surface area is 111 Å². The second kappa shape index (κ2) is 6.51. The Hall–Kier alpha value is -1.40. The molecule has 0 radical (unpaired) electrons. The lowest BCUT2D eigenvalue weighted by Crippen LogP contribution is -2.36. The van der Waals surface area contributed by atoms with E-state index in [1.165, 1.54) is 18.3 Å². The number of nitrogens with zero attached hydrogens (tertiary/aromatic N) is 2. The predicted octanol–water partition coefficient (Wildman–Crippen LogP) is 1.93. The summed E-state index contributed by atoms with van der Waals surface area (Å²) in [6.07, 6.45) is 3.48. The number of aromatic nitrogens is 1. The van der Waals surface area contributed by atoms with Crippen molar-refractivity contribution in [2.45, 2.75) is 31.9 Å². The first-order valence-corrected chi connectivity index (χ1v) is 5.67. The molecule has 1 fully saturated rings. The van der Waals surface area contributed by atoms with E-state index < -0.39 is 4.92 Å². The van der Waals surface area contributed by atoms with Gasteiger partial charge in [-0.05, 0) is 26.3 Å². The first-order valence-electron chi connectivity index (χ1n) is 5.67. The highest BCUT2D eigenvalue weighted by Crippen LogP contribution is 2.17. The first kappa shape index (κ1) is 14.7. The van der Waals surface area contributed by atoms with Crippen molar-refractivity contribution >= 4 is 18.1 Å². The number of hydrogen-bond acceptors (Lipinski definition) is 5. The van der Waals surface area contributed by atoms with E-state index in [0.29, 0.717) is 11.9 Å². The molecule has 100 valence electrons. The SMILES string of the molecule is C[C@H](Oc1ccc([N+](=O)[O-])cn1)C1CCCN1.Cl. The molecule has 1 saturated heterocycles. The van der Waals surface area contributed by atoms with Gasteiger partial charge in [0.25, 0.3) is 5.69 Å². The van der Waals surface area contributed by atoms with Crippen LogP contribution in [0.25, 0.3) is 0 Å². The maximum atomic E-state index is 10.5. The average molecular weight is 274 g/mol. The van der Waals surface area contributed by atoms with Gasteiger partial charge in [-0.2, -0.15) is 0 Å². The van der Waals surface area contributed by atoms with Crippen molar-refractivity contribution in [3.63, 3.8) is 0 Å². The molecule has 1 aromatic rings. The molecule has 1 aliphatic heterocycles. The molecule has 18 heavy (non-hydrogen) atoms. The maximum absolute atomic E-state index is 10.5. The first-order chi connectivity index (χ1) is 8.16. The van der Waals surface area contributed by atoms with Crippen LogP contribution in [0.15, 0.2) is 18.3 Å². The summed E-state index contributed by atoms with van der Waals surface area (Å²) in [7, 11) is 0. The lowest BCUT2D eigenvalue weighted by molar-refractivity contribution is -0.385. The molecule has 0 amide bonds. The van der Waals surface area contributed by atoms with Gasteiger partial charge >= 0.3 is 0 Å². The molecule has 1 N–H and O–H groups in total. The summed E-state index contributed by atoms with van der Waals surface area (Å²) in [4.78, 5) is 13.9. The van der Waals surface area contributed by atoms with Crippen LogP contribution in [0, 0.1) is 10.1 Å². The minimum Gasteiger partial charge on any atom is -0.473 e. The van der Waals surface area contributed by atoms with E-state index in [0.717, 1.165) is 19.4 Å². The molecular formula is C11H16ClN3O3. The van der Waals surface area contributed by atoms with Gasteiger partial charge in [0.15, 0.2) is 0 Å². The fraction of sp³-hybridized carbons (Fsp3) is 0.545. The predicted molar refractivity (Wildman–Crippen MR) is 69.3 cm³/mol. The molecule has 0 spiro atoms. The quantitative estimate of drug-likeness (QED) is 0.670. The van der Waals surface area contributed by atoms with E-state index in [9.17, 15) is 10.1 Å². The summed E-state index contributed by atoms with van der Waals surface area (Å²) in [6, 6.07) is 3.27. The van der Waals surface area contributed by atoms with Crippen LogP contribution in [-0.2, 0) is 0 Å². The van der Waals surface area contributed by atoms with Gasteiger partial charge in [-0.25, -0.2) is 4.98 Å². The molecule has 7 heteroatoms. The lowest BCUT2D eigenvalue weighted by Gasteiger charge is -2.20. The van der Waals surface area contributed by atoms with E-state index in [1.807, 2.05) is 6.92 Å². The number of nitrogens with one attached hydrogen (secondary N) is 1. The van der Waals surface area contributed by atoms with Gasteiger partial charge in [-0.3, -0.25) is 10.1 Å². The second-order valence-electron chi connectivity index (χ2n) is 4.14. The normalized spacial score (nSPS) is 19.9. The van der Waals surface area contributed by atoms with Crippen molar-refractivity contribution in [1.29, 1.82) is 0 Å². The number of halogens is 1. The van der Waals surface area contributed by atoms with Crippen molar-refractivity contribution in [2.75, 3.05) is 6.54 Å². The summed E-state index contributed by atoms with van der Waals surface area (Å²) in [5.74, 6) is 0.428. The number of nitro groups is 1. The highest BCUT2D eigenvalue weighted by atomic mass is 35.5. The second-order valence-corrected chi connectivity index (χ2v) is 4.14. The summed E-state index contributed by atoms with van der Waals surface area (Å²) in [5.41, 5.74) is -0.0241. The molecule has 1 unspecified atom stereocenters. The molecule has 1 aromatic heterocycles. The van der Waals surface area contributed by atoms with Crippen LogP contribution in [0.2, 0.25) is 0 Å². The largest absolute Gasteiger partial charge is 0.473 e. The van der Waals surface area contributed by atoms with Crippen LogP contribution in [0.5, 0.6) is 5.88 Å². The molecule has 0 bridgehead atoms. The maximum Gasteiger partial charge on any atom is 0.287 e. The monoisotopic (exact) mass is 273 g/mol. The highest BCUT2D eigenvalue weighted by molar-refractivity contribution is 5.85. The molecule has 2 rings (SSSR count). The number of rotatable bonds is 4. The third kappa shape index (κ3) is 3.54. The minimum atomic E-state index is -0.473. The summed E-state index contributed by atoms with van der Waals surface area (Å²) in [5, 5.41) is 13.8. The Kier molecular flexibility index (Phi) is 5.30. The van der Waals surface area contributed by atoms with Gasteiger partial charge in [0, 0.05) is 18.2 Å². The van der Waals surface area contributed by atoms with E-state index in [-0.39, 0.29) is 24.2 Å². The fourth-order valence-corrected chi connectivity index (χ4v) is 1.93. The Balaban J connectivity index is 0.00000162. The Morgan fingerprint density at radius 1 is 1.61 bits per heavy atom. The average Bonchev–Trinajstić information content (AvgIpc) is 2.83. The molecular weight excluding hydrogens is 258 g/mol. The topological polar surface area (TPSA) is 77.3 Å². The van der Waals surface area contributed by atoms with Crippen molar-refractivity contribution < 1.29 is 9.66 Å². The Bertz CT molecular complexity index is 393. The molecule has 1 aliphatic rings. The van der Waals surface area contributed by atoms with Crippen molar-refractivity contribution in [3.8, 4) is 5.88 Å². The van der Waals surface area contributed by atoms with E-state index >= 15 is 0 Å². The molecule has 2 heterocycles. The van der Waals surface area contributed by atoms with E-state index in [2.05, 4.69) is 10.3 Å². The highest BCUT2D eigenvalue weighted by Gasteiger charge is 2.22. The van der Waals surface area contributed by atoms with Gasteiger partial charge in [0.2, 0.25) is 5.88 Å². The lowest BCUT2D eigenvalue weighted by atomic mass is 10.1. The Morgan fingerprint density at radius 3 is 2.89 bits per heavy atom. The number of hydrogen-bond donors (Lipinski definition) is 1. The molecule has 6 nitrogen and oxygen atoms in total. The number of pyridine rings is 1. The zero-order valence-electron chi connectivity index (χ0n) is 10.0. The van der Waals surface area contributed by atoms with Gasteiger partial charge < -0.3 is 10.1 Å². The minimum absolute atomic E-state index is 0. The van der Waals surface area contributed by atoms with Crippen LogP contribution >= 0.6 is 12.4 Å². The van der Waals surface area contributed by atoms with Crippen molar-refractivity contribution in [3.05, 3.63) is 28.4 Å². The number of ether oxygens (including phenoxy) is 1. The van der Waals surface area contributed by atoms with Crippen LogP contribution in [0.1, 0.15) is 19.8 Å². The van der Waals surface area contributed by atoms with Gasteiger partial charge in [0.05, 0.1) is 4.92 Å². The van der Waals surface area contributed by atoms with Crippen LogP contribution < -0.4 is 10.1 Å².